The van der Waals surface area contributed by atoms with Gasteiger partial charge >= 0.3 is 5.97 Å². The van der Waals surface area contributed by atoms with E-state index >= 15 is 0 Å². The number of carboxylic acid groups (broad SMARTS) is 1. The first kappa shape index (κ1) is 15.1. The van der Waals surface area contributed by atoms with E-state index in [1.54, 1.807) is 0 Å². The van der Waals surface area contributed by atoms with Crippen LogP contribution < -0.4 is 5.32 Å². The van der Waals surface area contributed by atoms with Gasteiger partial charge in [-0.1, -0.05) is 24.3 Å². The average Bonchev–Trinajstić information content (AvgIpc) is 2.96. The van der Waals surface area contributed by atoms with Gasteiger partial charge in [-0.15, -0.1) is 0 Å². The van der Waals surface area contributed by atoms with Gasteiger partial charge in [-0.05, 0) is 55.6 Å². The molecule has 0 heterocycles. The summed E-state index contributed by atoms with van der Waals surface area (Å²) < 4.78 is 0. The second-order valence-corrected chi connectivity index (χ2v) is 6.60. The van der Waals surface area contributed by atoms with Crippen LogP contribution in [0.4, 0.5) is 0 Å². The van der Waals surface area contributed by atoms with E-state index < -0.39 is 5.97 Å². The molecule has 0 aliphatic heterocycles. The molecule has 22 heavy (non-hydrogen) atoms. The zero-order valence-corrected chi connectivity index (χ0v) is 12.8. The summed E-state index contributed by atoms with van der Waals surface area (Å²) in [5.41, 5.74) is 2.69. The number of hydrogen-bond acceptors (Lipinski definition) is 2. The molecule has 2 aliphatic rings. The fourth-order valence-electron chi connectivity index (χ4n) is 3.91. The van der Waals surface area contributed by atoms with E-state index in [9.17, 15) is 9.59 Å². The average molecular weight is 301 g/mol. The molecule has 0 bridgehead atoms. The topological polar surface area (TPSA) is 66.4 Å². The molecule has 1 fully saturated rings. The van der Waals surface area contributed by atoms with Crippen LogP contribution in [-0.4, -0.2) is 23.0 Å². The van der Waals surface area contributed by atoms with Gasteiger partial charge in [-0.25, -0.2) is 0 Å². The minimum Gasteiger partial charge on any atom is -0.481 e. The summed E-state index contributed by atoms with van der Waals surface area (Å²) in [5, 5.41) is 12.1. The Hall–Kier alpha value is -1.84. The van der Waals surface area contributed by atoms with Crippen molar-refractivity contribution in [1.82, 2.24) is 5.32 Å². The smallest absolute Gasteiger partial charge is 0.306 e. The molecule has 1 unspecified atom stereocenters. The van der Waals surface area contributed by atoms with E-state index in [0.29, 0.717) is 25.2 Å². The molecule has 3 rings (SSSR count). The number of benzene rings is 1. The second kappa shape index (κ2) is 6.51. The van der Waals surface area contributed by atoms with E-state index in [2.05, 4.69) is 23.5 Å². The Labute approximate surface area is 130 Å². The molecular weight excluding hydrogens is 278 g/mol. The fraction of sp³-hybridized carbons (Fsp3) is 0.556. The van der Waals surface area contributed by atoms with Crippen LogP contribution in [0.25, 0.3) is 0 Å². The van der Waals surface area contributed by atoms with Crippen LogP contribution >= 0.6 is 0 Å². The Kier molecular flexibility index (Phi) is 4.46. The molecule has 2 aliphatic carbocycles. The molecular formula is C18H23NO3. The summed E-state index contributed by atoms with van der Waals surface area (Å²) in [7, 11) is 0. The van der Waals surface area contributed by atoms with Crippen LogP contribution in [-0.2, 0) is 16.0 Å². The number of nitrogens with one attached hydrogen (secondary N) is 1. The molecule has 0 spiro atoms. The lowest BCUT2D eigenvalue weighted by Crippen LogP contribution is -2.34. The van der Waals surface area contributed by atoms with Gasteiger partial charge in [0.15, 0.2) is 0 Å². The van der Waals surface area contributed by atoms with E-state index in [-0.39, 0.29) is 17.9 Å². The molecule has 1 amide bonds. The lowest BCUT2D eigenvalue weighted by molar-refractivity contribution is -0.141. The predicted octanol–water partition coefficient (Wildman–Crippen LogP) is 2.87. The maximum atomic E-state index is 12.3. The van der Waals surface area contributed by atoms with Crippen LogP contribution in [0, 0.1) is 5.92 Å². The highest BCUT2D eigenvalue weighted by Crippen LogP contribution is 2.34. The van der Waals surface area contributed by atoms with E-state index in [0.717, 1.165) is 25.7 Å². The maximum absolute atomic E-state index is 12.3. The Morgan fingerprint density at radius 1 is 1.18 bits per heavy atom. The quantitative estimate of drug-likeness (QED) is 0.898. The van der Waals surface area contributed by atoms with Crippen LogP contribution in [0.5, 0.6) is 0 Å². The number of rotatable bonds is 4. The van der Waals surface area contributed by atoms with Crippen molar-refractivity contribution < 1.29 is 14.7 Å². The summed E-state index contributed by atoms with van der Waals surface area (Å²) in [6.07, 6.45) is 5.85. The summed E-state index contributed by atoms with van der Waals surface area (Å²) >= 11 is 0. The highest BCUT2D eigenvalue weighted by Gasteiger charge is 2.31. The van der Waals surface area contributed by atoms with Gasteiger partial charge in [0.05, 0.1) is 5.92 Å². The van der Waals surface area contributed by atoms with E-state index in [4.69, 9.17) is 5.11 Å². The Bertz CT molecular complexity index is 569. The number of aryl methyl sites for hydroxylation is 1. The molecule has 0 radical (unpaired) electrons. The monoisotopic (exact) mass is 301 g/mol. The van der Waals surface area contributed by atoms with Gasteiger partial charge in [-0.3, -0.25) is 9.59 Å². The highest BCUT2D eigenvalue weighted by molar-refractivity contribution is 5.78. The number of fused-ring (bicyclic) bond motifs is 1. The molecule has 0 saturated heterocycles. The number of amides is 1. The second-order valence-electron chi connectivity index (χ2n) is 6.60. The van der Waals surface area contributed by atoms with Gasteiger partial charge < -0.3 is 10.4 Å². The zero-order valence-electron chi connectivity index (χ0n) is 12.8. The summed E-state index contributed by atoms with van der Waals surface area (Å²) in [6, 6.07) is 8.44. The molecule has 4 heteroatoms. The molecule has 1 aromatic rings. The highest BCUT2D eigenvalue weighted by atomic mass is 16.4. The van der Waals surface area contributed by atoms with E-state index in [1.807, 2.05) is 6.07 Å². The SMILES string of the molecule is O=C(CC1CCCc2ccccc21)N[C@H]1CC[C@@H](C(=O)O)C1. The van der Waals surface area contributed by atoms with Crippen molar-refractivity contribution in [3.8, 4) is 0 Å². The Morgan fingerprint density at radius 3 is 2.77 bits per heavy atom. The van der Waals surface area contributed by atoms with Gasteiger partial charge in [0, 0.05) is 12.5 Å². The summed E-state index contributed by atoms with van der Waals surface area (Å²) in [6.45, 7) is 0. The third-order valence-electron chi connectivity index (χ3n) is 5.07. The summed E-state index contributed by atoms with van der Waals surface area (Å²) in [5.74, 6) is -0.655. The number of aliphatic carboxylic acids is 1. The molecule has 118 valence electrons. The largest absolute Gasteiger partial charge is 0.481 e. The van der Waals surface area contributed by atoms with Crippen LogP contribution in [0.1, 0.15) is 55.6 Å². The minimum atomic E-state index is -0.738. The minimum absolute atomic E-state index is 0.0347. The fourth-order valence-corrected chi connectivity index (χ4v) is 3.91. The number of hydrogen-bond donors (Lipinski definition) is 2. The Morgan fingerprint density at radius 2 is 2.00 bits per heavy atom. The molecule has 4 nitrogen and oxygen atoms in total. The third-order valence-corrected chi connectivity index (χ3v) is 5.07. The van der Waals surface area contributed by atoms with Crippen molar-refractivity contribution in [2.75, 3.05) is 0 Å². The molecule has 1 saturated carbocycles. The molecule has 0 aromatic heterocycles. The van der Waals surface area contributed by atoms with Crippen LogP contribution in [0.2, 0.25) is 0 Å². The van der Waals surface area contributed by atoms with Crippen molar-refractivity contribution in [1.29, 1.82) is 0 Å². The summed E-state index contributed by atoms with van der Waals surface area (Å²) in [4.78, 5) is 23.3. The first-order valence-corrected chi connectivity index (χ1v) is 8.23. The normalized spacial score (nSPS) is 27.2. The van der Waals surface area contributed by atoms with Crippen molar-refractivity contribution in [3.05, 3.63) is 35.4 Å². The van der Waals surface area contributed by atoms with E-state index in [1.165, 1.54) is 11.1 Å². The number of carbonyl (C=O) groups is 2. The standard InChI is InChI=1S/C18H23NO3/c20-17(19-15-9-8-14(10-15)18(21)22)11-13-6-3-5-12-4-1-2-7-16(12)13/h1-2,4,7,13-15H,3,5-6,8-11H2,(H,19,20)(H,21,22)/t13?,14-,15+/m1/s1. The molecule has 3 atom stereocenters. The van der Waals surface area contributed by atoms with Crippen LogP contribution in [0.3, 0.4) is 0 Å². The van der Waals surface area contributed by atoms with Gasteiger partial charge in [0.2, 0.25) is 5.91 Å². The maximum Gasteiger partial charge on any atom is 0.306 e. The molecule has 2 N–H and O–H groups in total. The third kappa shape index (κ3) is 3.32. The predicted molar refractivity (Wildman–Crippen MR) is 83.6 cm³/mol. The number of carbonyl (C=O) groups excluding carboxylic acids is 1. The van der Waals surface area contributed by atoms with Crippen molar-refractivity contribution in [3.63, 3.8) is 0 Å². The Balaban J connectivity index is 1.56. The zero-order chi connectivity index (χ0) is 15.5. The van der Waals surface area contributed by atoms with Gasteiger partial charge in [0.25, 0.3) is 0 Å². The van der Waals surface area contributed by atoms with Gasteiger partial charge in [-0.2, -0.15) is 0 Å². The lowest BCUT2D eigenvalue weighted by atomic mass is 9.81. The van der Waals surface area contributed by atoms with Crippen molar-refractivity contribution >= 4 is 11.9 Å². The first-order valence-electron chi connectivity index (χ1n) is 8.23. The molecule has 1 aromatic carbocycles. The first-order chi connectivity index (χ1) is 10.6. The number of carboxylic acids is 1. The van der Waals surface area contributed by atoms with Crippen molar-refractivity contribution in [2.45, 2.75) is 56.9 Å². The van der Waals surface area contributed by atoms with Crippen molar-refractivity contribution in [2.24, 2.45) is 5.92 Å². The van der Waals surface area contributed by atoms with Crippen LogP contribution in [0.15, 0.2) is 24.3 Å². The lowest BCUT2D eigenvalue weighted by Gasteiger charge is -2.25. The van der Waals surface area contributed by atoms with Gasteiger partial charge in [0.1, 0.15) is 0 Å².